The fourth-order valence-electron chi connectivity index (χ4n) is 2.85. The monoisotopic (exact) mass is 349 g/mol. The number of thiophene rings is 1. The molecule has 0 aromatic carbocycles. The topological polar surface area (TPSA) is 38.3 Å². The summed E-state index contributed by atoms with van der Waals surface area (Å²) in [6, 6.07) is 2.52. The third kappa shape index (κ3) is 4.59. The predicted molar refractivity (Wildman–Crippen MR) is 88.3 cm³/mol. The van der Waals surface area contributed by atoms with E-state index < -0.39 is 0 Å². The Kier molecular flexibility index (Phi) is 6.35. The third-order valence-electron chi connectivity index (χ3n) is 3.98. The van der Waals surface area contributed by atoms with Gasteiger partial charge in [0, 0.05) is 12.1 Å². The number of rotatable bonds is 5. The van der Waals surface area contributed by atoms with E-state index in [1.165, 1.54) is 11.3 Å². The van der Waals surface area contributed by atoms with Crippen LogP contribution in [0, 0.1) is 5.92 Å². The second kappa shape index (κ2) is 7.82. The largest absolute Gasteiger partial charge is 0.466 e. The van der Waals surface area contributed by atoms with E-state index >= 15 is 0 Å². The number of halogens is 2. The molecule has 0 aliphatic heterocycles. The molecule has 6 heteroatoms. The molecule has 1 saturated carbocycles. The zero-order chi connectivity index (χ0) is 15.4. The van der Waals surface area contributed by atoms with Gasteiger partial charge in [0.25, 0.3) is 0 Å². The molecule has 21 heavy (non-hydrogen) atoms. The van der Waals surface area contributed by atoms with E-state index in [1.807, 2.05) is 13.0 Å². The van der Waals surface area contributed by atoms with Crippen LogP contribution in [0.2, 0.25) is 8.67 Å². The van der Waals surface area contributed by atoms with Crippen molar-refractivity contribution in [3.8, 4) is 0 Å². The summed E-state index contributed by atoms with van der Waals surface area (Å²) in [5.74, 6) is 0.0224. The highest BCUT2D eigenvalue weighted by atomic mass is 35.5. The van der Waals surface area contributed by atoms with Crippen LogP contribution in [-0.4, -0.2) is 18.6 Å². The Morgan fingerprint density at radius 3 is 2.62 bits per heavy atom. The lowest BCUT2D eigenvalue weighted by Gasteiger charge is -2.30. The lowest BCUT2D eigenvalue weighted by molar-refractivity contribution is -0.149. The molecule has 1 aliphatic rings. The smallest absolute Gasteiger partial charge is 0.308 e. The Hall–Kier alpha value is -0.290. The van der Waals surface area contributed by atoms with Crippen molar-refractivity contribution in [2.45, 2.75) is 51.6 Å². The van der Waals surface area contributed by atoms with Gasteiger partial charge in [-0.15, -0.1) is 11.3 Å². The first-order chi connectivity index (χ1) is 10.0. The van der Waals surface area contributed by atoms with Gasteiger partial charge in [-0.1, -0.05) is 23.2 Å². The molecule has 1 heterocycles. The fraction of sp³-hybridized carbons (Fsp3) is 0.667. The molecule has 2 rings (SSSR count). The summed E-state index contributed by atoms with van der Waals surface area (Å²) in [5.41, 5.74) is 1.05. The average Bonchev–Trinajstić information content (AvgIpc) is 2.79. The van der Waals surface area contributed by atoms with Crippen LogP contribution < -0.4 is 5.32 Å². The first-order valence-electron chi connectivity index (χ1n) is 7.38. The zero-order valence-electron chi connectivity index (χ0n) is 12.3. The second-order valence-corrected chi connectivity index (χ2v) is 7.75. The fourth-order valence-corrected chi connectivity index (χ4v) is 4.49. The summed E-state index contributed by atoms with van der Waals surface area (Å²) in [5, 5.41) is 3.59. The van der Waals surface area contributed by atoms with Crippen LogP contribution in [-0.2, 0) is 9.53 Å². The van der Waals surface area contributed by atoms with Crippen LogP contribution >= 0.6 is 34.5 Å². The summed E-state index contributed by atoms with van der Waals surface area (Å²) in [6.07, 6.45) is 3.76. The number of nitrogens with one attached hydrogen (secondary N) is 1. The van der Waals surface area contributed by atoms with Crippen molar-refractivity contribution in [3.05, 3.63) is 20.3 Å². The van der Waals surface area contributed by atoms with Crippen LogP contribution in [0.4, 0.5) is 0 Å². The van der Waals surface area contributed by atoms with Gasteiger partial charge in [-0.25, -0.2) is 0 Å². The second-order valence-electron chi connectivity index (χ2n) is 5.47. The zero-order valence-corrected chi connectivity index (χ0v) is 14.7. The molecule has 1 N–H and O–H groups in total. The van der Waals surface area contributed by atoms with Crippen molar-refractivity contribution in [3.63, 3.8) is 0 Å². The predicted octanol–water partition coefficient (Wildman–Crippen LogP) is 4.83. The Morgan fingerprint density at radius 1 is 1.43 bits per heavy atom. The molecule has 118 valence electrons. The molecule has 1 unspecified atom stereocenters. The normalized spacial score (nSPS) is 23.8. The van der Waals surface area contributed by atoms with E-state index in [9.17, 15) is 4.79 Å². The van der Waals surface area contributed by atoms with E-state index in [0.29, 0.717) is 12.6 Å². The standard InChI is InChI=1S/C15H21Cl2NO2S/c1-3-20-15(19)10-4-6-11(7-5-10)18-9(2)12-8-13(16)21-14(12)17/h8-11,18H,3-7H2,1-2H3. The molecule has 0 amide bonds. The maximum absolute atomic E-state index is 11.7. The van der Waals surface area contributed by atoms with Gasteiger partial charge in [0.2, 0.25) is 0 Å². The van der Waals surface area contributed by atoms with Gasteiger partial charge >= 0.3 is 5.97 Å². The maximum Gasteiger partial charge on any atom is 0.308 e. The summed E-state index contributed by atoms with van der Waals surface area (Å²) < 4.78 is 6.56. The summed E-state index contributed by atoms with van der Waals surface area (Å²) in [4.78, 5) is 11.7. The molecule has 1 atom stereocenters. The van der Waals surface area contributed by atoms with Gasteiger partial charge in [0.05, 0.1) is 21.2 Å². The SMILES string of the molecule is CCOC(=O)C1CCC(NC(C)c2cc(Cl)sc2Cl)CC1. The minimum absolute atomic E-state index is 0.0448. The molecule has 0 spiro atoms. The Balaban J connectivity index is 1.83. The molecule has 0 radical (unpaired) electrons. The van der Waals surface area contributed by atoms with Crippen LogP contribution in [0.1, 0.15) is 51.1 Å². The maximum atomic E-state index is 11.7. The molecular formula is C15H21Cl2NO2S. The highest BCUT2D eigenvalue weighted by molar-refractivity contribution is 7.20. The molecule has 1 aromatic heterocycles. The third-order valence-corrected chi connectivity index (χ3v) is 5.50. The average molecular weight is 350 g/mol. The molecule has 0 saturated heterocycles. The van der Waals surface area contributed by atoms with E-state index in [4.69, 9.17) is 27.9 Å². The molecule has 3 nitrogen and oxygen atoms in total. The van der Waals surface area contributed by atoms with Crippen molar-refractivity contribution in [2.75, 3.05) is 6.61 Å². The highest BCUT2D eigenvalue weighted by Gasteiger charge is 2.28. The number of hydrogen-bond acceptors (Lipinski definition) is 4. The minimum atomic E-state index is -0.0448. The van der Waals surface area contributed by atoms with Crippen molar-refractivity contribution < 1.29 is 9.53 Å². The van der Waals surface area contributed by atoms with Crippen molar-refractivity contribution in [1.82, 2.24) is 5.32 Å². The van der Waals surface area contributed by atoms with E-state index in [0.717, 1.165) is 39.9 Å². The first kappa shape index (κ1) is 17.1. The van der Waals surface area contributed by atoms with E-state index in [-0.39, 0.29) is 17.9 Å². The molecule has 1 aromatic rings. The van der Waals surface area contributed by atoms with Gasteiger partial charge in [0.1, 0.15) is 0 Å². The summed E-state index contributed by atoms with van der Waals surface area (Å²) >= 11 is 13.6. The van der Waals surface area contributed by atoms with Gasteiger partial charge in [-0.3, -0.25) is 4.79 Å². The number of hydrogen-bond donors (Lipinski definition) is 1. The number of ether oxygens (including phenoxy) is 1. The molecular weight excluding hydrogens is 329 g/mol. The molecule has 0 bridgehead atoms. The quantitative estimate of drug-likeness (QED) is 0.773. The lowest BCUT2D eigenvalue weighted by atomic mass is 9.85. The Labute approximate surface area is 140 Å². The summed E-state index contributed by atoms with van der Waals surface area (Å²) in [6.45, 7) is 4.41. The van der Waals surface area contributed by atoms with Crippen LogP contribution in [0.3, 0.4) is 0 Å². The van der Waals surface area contributed by atoms with E-state index in [2.05, 4.69) is 12.2 Å². The highest BCUT2D eigenvalue weighted by Crippen LogP contribution is 2.36. The molecule has 1 aliphatic carbocycles. The minimum Gasteiger partial charge on any atom is -0.466 e. The number of esters is 1. The van der Waals surface area contributed by atoms with Crippen molar-refractivity contribution in [2.24, 2.45) is 5.92 Å². The lowest BCUT2D eigenvalue weighted by Crippen LogP contribution is -2.36. The summed E-state index contributed by atoms with van der Waals surface area (Å²) in [7, 11) is 0. The van der Waals surface area contributed by atoms with Crippen molar-refractivity contribution >= 4 is 40.5 Å². The molecule has 1 fully saturated rings. The van der Waals surface area contributed by atoms with Crippen molar-refractivity contribution in [1.29, 1.82) is 0 Å². The van der Waals surface area contributed by atoms with Crippen LogP contribution in [0.5, 0.6) is 0 Å². The van der Waals surface area contributed by atoms with Gasteiger partial charge < -0.3 is 10.1 Å². The van der Waals surface area contributed by atoms with Gasteiger partial charge in [-0.2, -0.15) is 0 Å². The van der Waals surface area contributed by atoms with Gasteiger partial charge in [0.15, 0.2) is 0 Å². The van der Waals surface area contributed by atoms with E-state index in [1.54, 1.807) is 0 Å². The Bertz CT molecular complexity index is 484. The Morgan fingerprint density at radius 2 is 2.10 bits per heavy atom. The number of carbonyl (C=O) groups is 1. The van der Waals surface area contributed by atoms with Gasteiger partial charge in [-0.05, 0) is 51.2 Å². The van der Waals surface area contributed by atoms with Crippen LogP contribution in [0.15, 0.2) is 6.07 Å². The number of carbonyl (C=O) groups excluding carboxylic acids is 1. The van der Waals surface area contributed by atoms with Crippen LogP contribution in [0.25, 0.3) is 0 Å². The first-order valence-corrected chi connectivity index (χ1v) is 8.96.